The predicted molar refractivity (Wildman–Crippen MR) is 99.8 cm³/mol. The molecule has 7 nitrogen and oxygen atoms in total. The van der Waals surface area contributed by atoms with Gasteiger partial charge in [-0.2, -0.15) is 5.10 Å². The summed E-state index contributed by atoms with van der Waals surface area (Å²) in [6.45, 7) is 5.06. The number of H-pyrrole nitrogens is 1. The molecule has 2 N–H and O–H groups in total. The summed E-state index contributed by atoms with van der Waals surface area (Å²) in [5.41, 5.74) is 2.18. The number of nitrogens with one attached hydrogen (secondary N) is 2. The van der Waals surface area contributed by atoms with Crippen LogP contribution in [0.15, 0.2) is 36.4 Å². The molecule has 3 amide bonds. The number of aromatic nitrogens is 2. The Kier molecular flexibility index (Phi) is 5.25. The molecule has 1 aromatic heterocycles. The third-order valence-electron chi connectivity index (χ3n) is 4.78. The van der Waals surface area contributed by atoms with Crippen LogP contribution < -0.4 is 5.32 Å². The lowest BCUT2D eigenvalue weighted by Gasteiger charge is -2.24. The minimum atomic E-state index is -0.104. The Morgan fingerprint density at radius 2 is 2.04 bits per heavy atom. The molecule has 2 heterocycles. The van der Waals surface area contributed by atoms with Gasteiger partial charge in [-0.25, -0.2) is 4.79 Å². The van der Waals surface area contributed by atoms with E-state index in [0.717, 1.165) is 17.7 Å². The second kappa shape index (κ2) is 7.59. The SMILES string of the molecule is CC(C)N(C)C(=O)N[C@@H]1CCN(C(=O)c2cc(-c3ccccc3)n[nH]2)C1. The zero-order valence-corrected chi connectivity index (χ0v) is 15.4. The first-order chi connectivity index (χ1) is 12.5. The van der Waals surface area contributed by atoms with Crippen molar-refractivity contribution in [3.05, 3.63) is 42.1 Å². The molecule has 1 atom stereocenters. The number of hydrogen-bond donors (Lipinski definition) is 2. The highest BCUT2D eigenvalue weighted by atomic mass is 16.2. The number of nitrogens with zero attached hydrogens (tertiary/aromatic N) is 3. The van der Waals surface area contributed by atoms with Gasteiger partial charge in [0.05, 0.1) is 5.69 Å². The number of urea groups is 1. The fourth-order valence-electron chi connectivity index (χ4n) is 2.93. The third-order valence-corrected chi connectivity index (χ3v) is 4.78. The molecule has 2 aromatic rings. The van der Waals surface area contributed by atoms with E-state index in [1.165, 1.54) is 0 Å². The molecule has 1 aliphatic heterocycles. The van der Waals surface area contributed by atoms with Crippen LogP contribution in [0.3, 0.4) is 0 Å². The van der Waals surface area contributed by atoms with Gasteiger partial charge >= 0.3 is 6.03 Å². The van der Waals surface area contributed by atoms with Crippen molar-refractivity contribution in [2.24, 2.45) is 0 Å². The lowest BCUT2D eigenvalue weighted by Crippen LogP contribution is -2.46. The van der Waals surface area contributed by atoms with Gasteiger partial charge in [0.2, 0.25) is 0 Å². The number of likely N-dealkylation sites (tertiary alicyclic amines) is 1. The fourth-order valence-corrected chi connectivity index (χ4v) is 2.93. The maximum absolute atomic E-state index is 12.7. The summed E-state index contributed by atoms with van der Waals surface area (Å²) in [4.78, 5) is 28.2. The molecule has 1 aliphatic rings. The van der Waals surface area contributed by atoms with Crippen molar-refractivity contribution >= 4 is 11.9 Å². The Morgan fingerprint density at radius 1 is 1.31 bits per heavy atom. The number of carbonyl (C=O) groups excluding carboxylic acids is 2. The van der Waals surface area contributed by atoms with E-state index >= 15 is 0 Å². The Labute approximate surface area is 153 Å². The number of amides is 3. The molecular weight excluding hydrogens is 330 g/mol. The van der Waals surface area contributed by atoms with Crippen molar-refractivity contribution < 1.29 is 9.59 Å². The lowest BCUT2D eigenvalue weighted by molar-refractivity contribution is 0.0783. The molecule has 3 rings (SSSR count). The molecule has 0 bridgehead atoms. The van der Waals surface area contributed by atoms with Crippen molar-refractivity contribution in [1.29, 1.82) is 0 Å². The minimum Gasteiger partial charge on any atom is -0.335 e. The van der Waals surface area contributed by atoms with Gasteiger partial charge in [0.25, 0.3) is 5.91 Å². The number of aromatic amines is 1. The Balaban J connectivity index is 1.60. The van der Waals surface area contributed by atoms with Crippen molar-refractivity contribution in [3.63, 3.8) is 0 Å². The minimum absolute atomic E-state index is 0.0239. The van der Waals surface area contributed by atoms with E-state index in [0.29, 0.717) is 18.8 Å². The molecule has 0 radical (unpaired) electrons. The largest absolute Gasteiger partial charge is 0.335 e. The summed E-state index contributed by atoms with van der Waals surface area (Å²) in [5, 5.41) is 10.1. The van der Waals surface area contributed by atoms with Crippen LogP contribution in [0.5, 0.6) is 0 Å². The van der Waals surface area contributed by atoms with E-state index in [4.69, 9.17) is 0 Å². The molecule has 138 valence electrons. The zero-order valence-electron chi connectivity index (χ0n) is 15.4. The molecule has 26 heavy (non-hydrogen) atoms. The van der Waals surface area contributed by atoms with Crippen LogP contribution >= 0.6 is 0 Å². The van der Waals surface area contributed by atoms with Gasteiger partial charge in [0.15, 0.2) is 0 Å². The standard InChI is InChI=1S/C19H25N5O2/c1-13(2)23(3)19(26)20-15-9-10-24(12-15)18(25)17-11-16(21-22-17)14-7-5-4-6-8-14/h4-8,11,13,15H,9-10,12H2,1-3H3,(H,20,26)(H,21,22)/t15-/m1/s1. The number of hydrogen-bond acceptors (Lipinski definition) is 3. The van der Waals surface area contributed by atoms with Gasteiger partial charge in [-0.1, -0.05) is 30.3 Å². The van der Waals surface area contributed by atoms with E-state index in [1.807, 2.05) is 44.2 Å². The Bertz CT molecular complexity index is 771. The second-order valence-electron chi connectivity index (χ2n) is 6.92. The van der Waals surface area contributed by atoms with Crippen LogP contribution in [0.4, 0.5) is 4.79 Å². The molecule has 1 fully saturated rings. The first-order valence-electron chi connectivity index (χ1n) is 8.89. The maximum atomic E-state index is 12.7. The van der Waals surface area contributed by atoms with E-state index in [2.05, 4.69) is 15.5 Å². The van der Waals surface area contributed by atoms with E-state index in [1.54, 1.807) is 22.9 Å². The van der Waals surface area contributed by atoms with Crippen molar-refractivity contribution in [3.8, 4) is 11.3 Å². The first-order valence-corrected chi connectivity index (χ1v) is 8.89. The summed E-state index contributed by atoms with van der Waals surface area (Å²) in [6.07, 6.45) is 0.753. The van der Waals surface area contributed by atoms with Gasteiger partial charge in [0, 0.05) is 37.8 Å². The quantitative estimate of drug-likeness (QED) is 0.883. The highest BCUT2D eigenvalue weighted by Crippen LogP contribution is 2.19. The fraction of sp³-hybridized carbons (Fsp3) is 0.421. The maximum Gasteiger partial charge on any atom is 0.317 e. The first kappa shape index (κ1) is 18.0. The van der Waals surface area contributed by atoms with Crippen molar-refractivity contribution in [2.75, 3.05) is 20.1 Å². The zero-order chi connectivity index (χ0) is 18.7. The summed E-state index contributed by atoms with van der Waals surface area (Å²) in [6, 6.07) is 11.5. The molecule has 0 unspecified atom stereocenters. The Morgan fingerprint density at radius 3 is 2.73 bits per heavy atom. The highest BCUT2D eigenvalue weighted by Gasteiger charge is 2.29. The monoisotopic (exact) mass is 355 g/mol. The van der Waals surface area contributed by atoms with Crippen LogP contribution in [0.25, 0.3) is 11.3 Å². The molecule has 0 spiro atoms. The third kappa shape index (κ3) is 3.87. The highest BCUT2D eigenvalue weighted by molar-refractivity contribution is 5.93. The Hall–Kier alpha value is -2.83. The lowest BCUT2D eigenvalue weighted by atomic mass is 10.1. The van der Waals surface area contributed by atoms with E-state index < -0.39 is 0 Å². The summed E-state index contributed by atoms with van der Waals surface area (Å²) in [7, 11) is 1.77. The number of carbonyl (C=O) groups is 2. The van der Waals surface area contributed by atoms with E-state index in [-0.39, 0.29) is 24.0 Å². The van der Waals surface area contributed by atoms with Gasteiger partial charge < -0.3 is 15.1 Å². The van der Waals surface area contributed by atoms with Gasteiger partial charge in [-0.3, -0.25) is 9.89 Å². The van der Waals surface area contributed by atoms with Crippen LogP contribution in [-0.2, 0) is 0 Å². The number of rotatable bonds is 4. The van der Waals surface area contributed by atoms with Crippen LogP contribution in [-0.4, -0.2) is 64.2 Å². The summed E-state index contributed by atoms with van der Waals surface area (Å²) in [5.74, 6) is -0.0892. The molecule has 0 saturated carbocycles. The van der Waals surface area contributed by atoms with Gasteiger partial charge in [0.1, 0.15) is 5.69 Å². The van der Waals surface area contributed by atoms with Crippen LogP contribution in [0, 0.1) is 0 Å². The van der Waals surface area contributed by atoms with Crippen LogP contribution in [0.2, 0.25) is 0 Å². The summed E-state index contributed by atoms with van der Waals surface area (Å²) >= 11 is 0. The van der Waals surface area contributed by atoms with E-state index in [9.17, 15) is 9.59 Å². The molecule has 7 heteroatoms. The van der Waals surface area contributed by atoms with Crippen molar-refractivity contribution in [2.45, 2.75) is 32.4 Å². The molecule has 0 aliphatic carbocycles. The summed E-state index contributed by atoms with van der Waals surface area (Å²) < 4.78 is 0. The van der Waals surface area contributed by atoms with Crippen molar-refractivity contribution in [1.82, 2.24) is 25.3 Å². The topological polar surface area (TPSA) is 81.3 Å². The van der Waals surface area contributed by atoms with Gasteiger partial charge in [-0.05, 0) is 26.3 Å². The molecular formula is C19H25N5O2. The van der Waals surface area contributed by atoms with Gasteiger partial charge in [-0.15, -0.1) is 0 Å². The normalized spacial score (nSPS) is 16.8. The molecule has 1 aromatic carbocycles. The number of benzene rings is 1. The molecule has 1 saturated heterocycles. The van der Waals surface area contributed by atoms with Crippen LogP contribution in [0.1, 0.15) is 30.8 Å². The second-order valence-corrected chi connectivity index (χ2v) is 6.92. The average molecular weight is 355 g/mol. The smallest absolute Gasteiger partial charge is 0.317 e. The average Bonchev–Trinajstić information content (AvgIpc) is 3.31. The predicted octanol–water partition coefficient (Wildman–Crippen LogP) is 2.34.